The Morgan fingerprint density at radius 2 is 1.81 bits per heavy atom. The monoisotopic (exact) mass is 300 g/mol. The van der Waals surface area contributed by atoms with E-state index in [0.717, 1.165) is 22.7 Å². The molecule has 5 heteroatoms. The second-order valence-electron chi connectivity index (χ2n) is 6.00. The summed E-state index contributed by atoms with van der Waals surface area (Å²) < 4.78 is 1.99. The molecule has 4 nitrogen and oxygen atoms in total. The van der Waals surface area contributed by atoms with Gasteiger partial charge < -0.3 is 5.32 Å². The van der Waals surface area contributed by atoms with E-state index in [1.54, 1.807) is 12.4 Å². The predicted molar refractivity (Wildman–Crippen MR) is 86.8 cm³/mol. The van der Waals surface area contributed by atoms with Gasteiger partial charge in [-0.2, -0.15) is 0 Å². The summed E-state index contributed by atoms with van der Waals surface area (Å²) >= 11 is 6.13. The maximum Gasteiger partial charge on any atom is 0.139 e. The Labute approximate surface area is 128 Å². The second-order valence-corrected chi connectivity index (χ2v) is 6.43. The lowest BCUT2D eigenvalue weighted by Crippen LogP contribution is -2.27. The molecule has 108 valence electrons. The third kappa shape index (κ3) is 2.85. The highest BCUT2D eigenvalue weighted by molar-refractivity contribution is 6.30. The smallest absolute Gasteiger partial charge is 0.139 e. The third-order valence-electron chi connectivity index (χ3n) is 3.03. The van der Waals surface area contributed by atoms with Gasteiger partial charge in [-0.1, -0.05) is 11.6 Å². The molecule has 21 heavy (non-hydrogen) atoms. The number of fused-ring (bicyclic) bond motifs is 1. The van der Waals surface area contributed by atoms with Crippen LogP contribution in [-0.2, 0) is 0 Å². The molecule has 0 bridgehead atoms. The number of pyridine rings is 2. The fourth-order valence-corrected chi connectivity index (χ4v) is 2.37. The molecule has 3 rings (SSSR count). The molecule has 0 saturated heterocycles. The molecule has 0 aliphatic carbocycles. The first-order chi connectivity index (χ1) is 9.94. The number of aromatic nitrogens is 3. The van der Waals surface area contributed by atoms with E-state index in [1.165, 1.54) is 0 Å². The first kappa shape index (κ1) is 13.9. The number of nitrogens with one attached hydrogen (secondary N) is 1. The number of halogens is 1. The minimum atomic E-state index is -0.0833. The molecule has 0 amide bonds. The minimum absolute atomic E-state index is 0.0833. The SMILES string of the molecule is CC(C)(C)Nc1c(-c2ccncc2)nc2ccc(Cl)cn12. The van der Waals surface area contributed by atoms with E-state index in [-0.39, 0.29) is 5.54 Å². The molecule has 3 aromatic heterocycles. The van der Waals surface area contributed by atoms with Crippen molar-refractivity contribution in [3.05, 3.63) is 47.9 Å². The van der Waals surface area contributed by atoms with Crippen molar-refractivity contribution in [3.63, 3.8) is 0 Å². The lowest BCUT2D eigenvalue weighted by atomic mass is 10.1. The van der Waals surface area contributed by atoms with E-state index in [1.807, 2.05) is 34.9 Å². The molecule has 0 spiro atoms. The quantitative estimate of drug-likeness (QED) is 0.769. The highest BCUT2D eigenvalue weighted by atomic mass is 35.5. The molecule has 0 fully saturated rings. The predicted octanol–water partition coefficient (Wildman–Crippen LogP) is 4.26. The second kappa shape index (κ2) is 5.04. The van der Waals surface area contributed by atoms with Crippen LogP contribution >= 0.6 is 11.6 Å². The fraction of sp³-hybridized carbons (Fsp3) is 0.250. The van der Waals surface area contributed by atoms with Crippen LogP contribution in [0.3, 0.4) is 0 Å². The van der Waals surface area contributed by atoms with Gasteiger partial charge in [0.15, 0.2) is 0 Å². The van der Waals surface area contributed by atoms with E-state index in [4.69, 9.17) is 16.6 Å². The highest BCUT2D eigenvalue weighted by Crippen LogP contribution is 2.31. The van der Waals surface area contributed by atoms with Gasteiger partial charge in [-0.25, -0.2) is 4.98 Å². The Kier molecular flexibility index (Phi) is 3.33. The summed E-state index contributed by atoms with van der Waals surface area (Å²) in [6.45, 7) is 6.35. The van der Waals surface area contributed by atoms with Crippen molar-refractivity contribution in [1.82, 2.24) is 14.4 Å². The average molecular weight is 301 g/mol. The van der Waals surface area contributed by atoms with Crippen LogP contribution in [0.25, 0.3) is 16.9 Å². The van der Waals surface area contributed by atoms with Gasteiger partial charge in [0.1, 0.15) is 17.2 Å². The topological polar surface area (TPSA) is 42.2 Å². The first-order valence-corrected chi connectivity index (χ1v) is 7.18. The van der Waals surface area contributed by atoms with Crippen molar-refractivity contribution in [2.45, 2.75) is 26.3 Å². The molecule has 0 radical (unpaired) electrons. The van der Waals surface area contributed by atoms with Crippen molar-refractivity contribution in [2.75, 3.05) is 5.32 Å². The van der Waals surface area contributed by atoms with Crippen LogP contribution < -0.4 is 5.32 Å². The molecule has 3 heterocycles. The normalized spacial score (nSPS) is 11.8. The van der Waals surface area contributed by atoms with Gasteiger partial charge >= 0.3 is 0 Å². The summed E-state index contributed by atoms with van der Waals surface area (Å²) in [4.78, 5) is 8.79. The number of anilines is 1. The standard InChI is InChI=1S/C16H17ClN4/c1-16(2,3)20-15-14(11-6-8-18-9-7-11)19-13-5-4-12(17)10-21(13)15/h4-10,20H,1-3H3. The summed E-state index contributed by atoms with van der Waals surface area (Å²) in [5.41, 5.74) is 2.70. The van der Waals surface area contributed by atoms with Gasteiger partial charge in [0.2, 0.25) is 0 Å². The molecule has 0 atom stereocenters. The average Bonchev–Trinajstić information content (AvgIpc) is 2.76. The van der Waals surface area contributed by atoms with Crippen LogP contribution in [0, 0.1) is 0 Å². The van der Waals surface area contributed by atoms with Gasteiger partial charge in [0.25, 0.3) is 0 Å². The molecular weight excluding hydrogens is 284 g/mol. The fourth-order valence-electron chi connectivity index (χ4n) is 2.20. The Hall–Kier alpha value is -2.07. The molecule has 1 N–H and O–H groups in total. The Morgan fingerprint density at radius 3 is 2.48 bits per heavy atom. The molecule has 0 aromatic carbocycles. The summed E-state index contributed by atoms with van der Waals surface area (Å²) in [6, 6.07) is 7.68. The van der Waals surface area contributed by atoms with E-state index in [9.17, 15) is 0 Å². The lowest BCUT2D eigenvalue weighted by Gasteiger charge is -2.22. The van der Waals surface area contributed by atoms with E-state index >= 15 is 0 Å². The summed E-state index contributed by atoms with van der Waals surface area (Å²) in [7, 11) is 0. The van der Waals surface area contributed by atoms with Crippen LogP contribution in [0.1, 0.15) is 20.8 Å². The molecular formula is C16H17ClN4. The van der Waals surface area contributed by atoms with Crippen molar-refractivity contribution in [3.8, 4) is 11.3 Å². The first-order valence-electron chi connectivity index (χ1n) is 6.80. The maximum absolute atomic E-state index is 6.13. The van der Waals surface area contributed by atoms with Crippen LogP contribution in [0.2, 0.25) is 5.02 Å². The van der Waals surface area contributed by atoms with Crippen LogP contribution in [0.4, 0.5) is 5.82 Å². The van der Waals surface area contributed by atoms with E-state index < -0.39 is 0 Å². The van der Waals surface area contributed by atoms with Crippen molar-refractivity contribution in [2.24, 2.45) is 0 Å². The van der Waals surface area contributed by atoms with Gasteiger partial charge in [-0.15, -0.1) is 0 Å². The number of hydrogen-bond acceptors (Lipinski definition) is 3. The summed E-state index contributed by atoms with van der Waals surface area (Å²) in [5, 5.41) is 4.20. The van der Waals surface area contributed by atoms with Crippen LogP contribution in [-0.4, -0.2) is 19.9 Å². The summed E-state index contributed by atoms with van der Waals surface area (Å²) in [6.07, 6.45) is 5.42. The number of rotatable bonds is 2. The Morgan fingerprint density at radius 1 is 1.10 bits per heavy atom. The minimum Gasteiger partial charge on any atom is -0.365 e. The van der Waals surface area contributed by atoms with Gasteiger partial charge in [0.05, 0.1) is 5.02 Å². The molecule has 0 saturated carbocycles. The third-order valence-corrected chi connectivity index (χ3v) is 3.25. The Balaban J connectivity index is 2.25. The molecule has 0 aliphatic heterocycles. The zero-order valence-corrected chi connectivity index (χ0v) is 13.0. The number of imidazole rings is 1. The van der Waals surface area contributed by atoms with Crippen molar-refractivity contribution in [1.29, 1.82) is 0 Å². The number of nitrogens with zero attached hydrogens (tertiary/aromatic N) is 3. The van der Waals surface area contributed by atoms with Crippen molar-refractivity contribution >= 4 is 23.1 Å². The molecule has 0 unspecified atom stereocenters. The lowest BCUT2D eigenvalue weighted by molar-refractivity contribution is 0.629. The van der Waals surface area contributed by atoms with Gasteiger partial charge in [-0.05, 0) is 45.0 Å². The molecule has 0 aliphatic rings. The van der Waals surface area contributed by atoms with Crippen LogP contribution in [0.15, 0.2) is 42.9 Å². The maximum atomic E-state index is 6.13. The summed E-state index contributed by atoms with van der Waals surface area (Å²) in [5.74, 6) is 0.936. The van der Waals surface area contributed by atoms with Gasteiger partial charge in [-0.3, -0.25) is 9.38 Å². The number of hydrogen-bond donors (Lipinski definition) is 1. The van der Waals surface area contributed by atoms with E-state index in [2.05, 4.69) is 31.1 Å². The zero-order valence-electron chi connectivity index (χ0n) is 12.3. The highest BCUT2D eigenvalue weighted by Gasteiger charge is 2.19. The van der Waals surface area contributed by atoms with Gasteiger partial charge in [0, 0.05) is 29.7 Å². The zero-order chi connectivity index (χ0) is 15.0. The van der Waals surface area contributed by atoms with E-state index in [0.29, 0.717) is 5.02 Å². The van der Waals surface area contributed by atoms with Crippen LogP contribution in [0.5, 0.6) is 0 Å². The van der Waals surface area contributed by atoms with Crippen molar-refractivity contribution < 1.29 is 0 Å². The molecule has 3 aromatic rings. The Bertz CT molecular complexity index is 772. The largest absolute Gasteiger partial charge is 0.365 e.